The molecule has 1 aromatic carbocycles. The molecule has 1 aliphatic rings. The SMILES string of the molecule is CCCOC1CCCN(C(C)CCc2ccc(O)cc2)C1. The Hall–Kier alpha value is -1.06. The first-order valence-corrected chi connectivity index (χ1v) is 8.32. The molecule has 21 heavy (non-hydrogen) atoms. The van der Waals surface area contributed by atoms with Crippen LogP contribution >= 0.6 is 0 Å². The maximum absolute atomic E-state index is 9.32. The molecule has 0 saturated carbocycles. The molecular formula is C18H29NO2. The third-order valence-corrected chi connectivity index (χ3v) is 4.38. The molecule has 0 radical (unpaired) electrons. The Morgan fingerprint density at radius 3 is 2.81 bits per heavy atom. The first-order chi connectivity index (χ1) is 10.2. The number of likely N-dealkylation sites (tertiary alicyclic amines) is 1. The molecule has 2 rings (SSSR count). The number of rotatable bonds is 7. The number of benzene rings is 1. The van der Waals surface area contributed by atoms with Crippen molar-refractivity contribution in [2.24, 2.45) is 0 Å². The molecule has 3 nitrogen and oxygen atoms in total. The summed E-state index contributed by atoms with van der Waals surface area (Å²) in [5.74, 6) is 0.346. The van der Waals surface area contributed by atoms with E-state index in [1.165, 1.54) is 24.9 Å². The van der Waals surface area contributed by atoms with E-state index in [1.54, 1.807) is 12.1 Å². The fraction of sp³-hybridized carbons (Fsp3) is 0.667. The number of piperidine rings is 1. The Kier molecular flexibility index (Phi) is 6.52. The number of phenolic OH excluding ortho intramolecular Hbond substituents is 1. The van der Waals surface area contributed by atoms with E-state index in [0.717, 1.165) is 32.4 Å². The first kappa shape index (κ1) is 16.3. The van der Waals surface area contributed by atoms with Gasteiger partial charge >= 0.3 is 0 Å². The van der Waals surface area contributed by atoms with E-state index in [-0.39, 0.29) is 0 Å². The Morgan fingerprint density at radius 2 is 2.10 bits per heavy atom. The van der Waals surface area contributed by atoms with Crippen LogP contribution in [-0.2, 0) is 11.2 Å². The molecule has 0 amide bonds. The number of aromatic hydroxyl groups is 1. The van der Waals surface area contributed by atoms with Gasteiger partial charge in [0.1, 0.15) is 5.75 Å². The summed E-state index contributed by atoms with van der Waals surface area (Å²) in [5.41, 5.74) is 1.30. The molecular weight excluding hydrogens is 262 g/mol. The van der Waals surface area contributed by atoms with Crippen molar-refractivity contribution in [2.75, 3.05) is 19.7 Å². The van der Waals surface area contributed by atoms with Gasteiger partial charge in [0, 0.05) is 19.2 Å². The maximum Gasteiger partial charge on any atom is 0.115 e. The van der Waals surface area contributed by atoms with Crippen molar-refractivity contribution in [3.05, 3.63) is 29.8 Å². The number of aryl methyl sites for hydroxylation is 1. The molecule has 1 aromatic rings. The van der Waals surface area contributed by atoms with Crippen LogP contribution in [0.4, 0.5) is 0 Å². The van der Waals surface area contributed by atoms with Crippen LogP contribution in [0.3, 0.4) is 0 Å². The zero-order valence-corrected chi connectivity index (χ0v) is 13.4. The van der Waals surface area contributed by atoms with Crippen molar-refractivity contribution in [3.8, 4) is 5.75 Å². The third-order valence-electron chi connectivity index (χ3n) is 4.38. The first-order valence-electron chi connectivity index (χ1n) is 8.32. The van der Waals surface area contributed by atoms with Gasteiger partial charge in [0.05, 0.1) is 6.10 Å². The largest absolute Gasteiger partial charge is 0.508 e. The molecule has 0 aliphatic carbocycles. The highest BCUT2D eigenvalue weighted by molar-refractivity contribution is 5.25. The summed E-state index contributed by atoms with van der Waals surface area (Å²) in [7, 11) is 0. The quantitative estimate of drug-likeness (QED) is 0.833. The lowest BCUT2D eigenvalue weighted by Crippen LogP contribution is -2.44. The second kappa shape index (κ2) is 8.40. The van der Waals surface area contributed by atoms with Crippen LogP contribution in [0.15, 0.2) is 24.3 Å². The number of hydrogen-bond donors (Lipinski definition) is 1. The minimum Gasteiger partial charge on any atom is -0.508 e. The normalized spacial score (nSPS) is 21.3. The highest BCUT2D eigenvalue weighted by Crippen LogP contribution is 2.19. The fourth-order valence-corrected chi connectivity index (χ4v) is 3.01. The number of phenols is 1. The van der Waals surface area contributed by atoms with Crippen LogP contribution in [-0.4, -0.2) is 41.8 Å². The molecule has 1 saturated heterocycles. The van der Waals surface area contributed by atoms with Gasteiger partial charge in [0.15, 0.2) is 0 Å². The van der Waals surface area contributed by atoms with Crippen molar-refractivity contribution >= 4 is 0 Å². The molecule has 2 atom stereocenters. The summed E-state index contributed by atoms with van der Waals surface area (Å²) in [6.45, 7) is 7.66. The van der Waals surface area contributed by atoms with Gasteiger partial charge in [-0.2, -0.15) is 0 Å². The smallest absolute Gasteiger partial charge is 0.115 e. The molecule has 0 aromatic heterocycles. The summed E-state index contributed by atoms with van der Waals surface area (Å²) in [6.07, 6.45) is 6.21. The average Bonchev–Trinajstić information content (AvgIpc) is 2.52. The van der Waals surface area contributed by atoms with Gasteiger partial charge in [0.25, 0.3) is 0 Å². The molecule has 118 valence electrons. The Balaban J connectivity index is 1.76. The van der Waals surface area contributed by atoms with Crippen molar-refractivity contribution in [2.45, 2.75) is 58.1 Å². The van der Waals surface area contributed by atoms with Gasteiger partial charge < -0.3 is 9.84 Å². The molecule has 1 fully saturated rings. The highest BCUT2D eigenvalue weighted by atomic mass is 16.5. The zero-order chi connectivity index (χ0) is 15.1. The van der Waals surface area contributed by atoms with Crippen LogP contribution in [0, 0.1) is 0 Å². The topological polar surface area (TPSA) is 32.7 Å². The van der Waals surface area contributed by atoms with Gasteiger partial charge in [-0.15, -0.1) is 0 Å². The summed E-state index contributed by atoms with van der Waals surface area (Å²) in [5, 5.41) is 9.32. The fourth-order valence-electron chi connectivity index (χ4n) is 3.01. The molecule has 0 spiro atoms. The molecule has 1 heterocycles. The number of ether oxygens (including phenoxy) is 1. The zero-order valence-electron chi connectivity index (χ0n) is 13.4. The van der Waals surface area contributed by atoms with E-state index in [9.17, 15) is 5.11 Å². The van der Waals surface area contributed by atoms with Crippen LogP contribution in [0.1, 0.15) is 45.1 Å². The Labute approximate surface area is 128 Å². The molecule has 1 N–H and O–H groups in total. The minimum atomic E-state index is 0.346. The van der Waals surface area contributed by atoms with E-state index in [1.807, 2.05) is 12.1 Å². The van der Waals surface area contributed by atoms with Crippen molar-refractivity contribution in [1.82, 2.24) is 4.90 Å². The van der Waals surface area contributed by atoms with Crippen LogP contribution < -0.4 is 0 Å². The van der Waals surface area contributed by atoms with E-state index < -0.39 is 0 Å². The predicted molar refractivity (Wildman–Crippen MR) is 86.7 cm³/mol. The van der Waals surface area contributed by atoms with Gasteiger partial charge in [-0.1, -0.05) is 19.1 Å². The van der Waals surface area contributed by atoms with Gasteiger partial charge in [-0.05, 0) is 63.3 Å². The van der Waals surface area contributed by atoms with Crippen molar-refractivity contribution < 1.29 is 9.84 Å². The van der Waals surface area contributed by atoms with Crippen molar-refractivity contribution in [1.29, 1.82) is 0 Å². The average molecular weight is 291 g/mol. The minimum absolute atomic E-state index is 0.346. The number of nitrogens with zero attached hydrogens (tertiary/aromatic N) is 1. The monoisotopic (exact) mass is 291 g/mol. The summed E-state index contributed by atoms with van der Waals surface area (Å²) < 4.78 is 5.92. The van der Waals surface area contributed by atoms with Gasteiger partial charge in [-0.3, -0.25) is 4.90 Å². The Bertz CT molecular complexity index is 404. The lowest BCUT2D eigenvalue weighted by molar-refractivity contribution is -0.0112. The summed E-state index contributed by atoms with van der Waals surface area (Å²) >= 11 is 0. The second-order valence-electron chi connectivity index (χ2n) is 6.18. The Morgan fingerprint density at radius 1 is 1.33 bits per heavy atom. The summed E-state index contributed by atoms with van der Waals surface area (Å²) in [4.78, 5) is 2.57. The summed E-state index contributed by atoms with van der Waals surface area (Å²) in [6, 6.07) is 8.17. The second-order valence-corrected chi connectivity index (χ2v) is 6.18. The van der Waals surface area contributed by atoms with E-state index >= 15 is 0 Å². The van der Waals surface area contributed by atoms with E-state index in [4.69, 9.17) is 4.74 Å². The lowest BCUT2D eigenvalue weighted by Gasteiger charge is -2.36. The van der Waals surface area contributed by atoms with E-state index in [2.05, 4.69) is 18.7 Å². The molecule has 1 aliphatic heterocycles. The molecule has 3 heteroatoms. The number of hydrogen-bond acceptors (Lipinski definition) is 3. The van der Waals surface area contributed by atoms with Crippen LogP contribution in [0.25, 0.3) is 0 Å². The molecule has 0 bridgehead atoms. The van der Waals surface area contributed by atoms with Crippen LogP contribution in [0.5, 0.6) is 5.75 Å². The van der Waals surface area contributed by atoms with E-state index in [0.29, 0.717) is 17.9 Å². The molecule has 2 unspecified atom stereocenters. The van der Waals surface area contributed by atoms with Gasteiger partial charge in [0.2, 0.25) is 0 Å². The third kappa shape index (κ3) is 5.33. The van der Waals surface area contributed by atoms with Crippen LogP contribution in [0.2, 0.25) is 0 Å². The lowest BCUT2D eigenvalue weighted by atomic mass is 10.0. The maximum atomic E-state index is 9.32. The van der Waals surface area contributed by atoms with Gasteiger partial charge in [-0.25, -0.2) is 0 Å². The highest BCUT2D eigenvalue weighted by Gasteiger charge is 2.23. The standard InChI is InChI=1S/C18H29NO2/c1-3-13-21-18-5-4-12-19(14-18)15(2)6-7-16-8-10-17(20)11-9-16/h8-11,15,18,20H,3-7,12-14H2,1-2H3. The predicted octanol–water partition coefficient (Wildman–Crippen LogP) is 3.60. The van der Waals surface area contributed by atoms with Crippen molar-refractivity contribution in [3.63, 3.8) is 0 Å².